The fourth-order valence-electron chi connectivity index (χ4n) is 1.84. The molecular formula is C9H10N6O2. The molecule has 0 spiro atoms. The number of amides is 1. The van der Waals surface area contributed by atoms with Crippen molar-refractivity contribution < 1.29 is 9.42 Å². The lowest BCUT2D eigenvalue weighted by Crippen LogP contribution is -2.38. The molecule has 17 heavy (non-hydrogen) atoms. The van der Waals surface area contributed by atoms with Crippen LogP contribution in [0.3, 0.4) is 0 Å². The summed E-state index contributed by atoms with van der Waals surface area (Å²) in [7, 11) is 0. The van der Waals surface area contributed by atoms with Gasteiger partial charge in [-0.15, -0.1) is 0 Å². The van der Waals surface area contributed by atoms with Gasteiger partial charge < -0.3 is 15.2 Å². The Morgan fingerprint density at radius 2 is 2.29 bits per heavy atom. The first-order chi connectivity index (χ1) is 8.25. The van der Waals surface area contributed by atoms with E-state index in [4.69, 9.17) is 5.73 Å². The number of carbonyl (C=O) groups excluding carboxylic acids is 1. The van der Waals surface area contributed by atoms with Crippen LogP contribution in [0.5, 0.6) is 0 Å². The zero-order valence-electron chi connectivity index (χ0n) is 8.91. The SMILES string of the molecule is Nc1nonc1C(=O)N1CCn2ccnc2C1. The van der Waals surface area contributed by atoms with Crippen LogP contribution in [0, 0.1) is 0 Å². The minimum atomic E-state index is -0.280. The highest BCUT2D eigenvalue weighted by molar-refractivity contribution is 5.96. The van der Waals surface area contributed by atoms with Crippen LogP contribution in [0.1, 0.15) is 16.3 Å². The quantitative estimate of drug-likeness (QED) is 0.713. The summed E-state index contributed by atoms with van der Waals surface area (Å²) in [5.41, 5.74) is 5.55. The van der Waals surface area contributed by atoms with E-state index in [-0.39, 0.29) is 17.4 Å². The smallest absolute Gasteiger partial charge is 0.280 e. The third-order valence-electron chi connectivity index (χ3n) is 2.75. The lowest BCUT2D eigenvalue weighted by molar-refractivity contribution is 0.0697. The van der Waals surface area contributed by atoms with E-state index in [0.717, 1.165) is 5.82 Å². The van der Waals surface area contributed by atoms with Crippen molar-refractivity contribution >= 4 is 11.7 Å². The van der Waals surface area contributed by atoms with Crippen LogP contribution in [-0.2, 0) is 13.1 Å². The third-order valence-corrected chi connectivity index (χ3v) is 2.75. The van der Waals surface area contributed by atoms with E-state index < -0.39 is 0 Å². The molecule has 0 fully saturated rings. The third kappa shape index (κ3) is 1.53. The van der Waals surface area contributed by atoms with Gasteiger partial charge in [-0.3, -0.25) is 4.79 Å². The van der Waals surface area contributed by atoms with Crippen molar-refractivity contribution in [3.05, 3.63) is 23.9 Å². The molecule has 2 N–H and O–H groups in total. The number of carbonyl (C=O) groups is 1. The van der Waals surface area contributed by atoms with E-state index >= 15 is 0 Å². The van der Waals surface area contributed by atoms with Gasteiger partial charge in [-0.2, -0.15) is 0 Å². The van der Waals surface area contributed by atoms with Crippen LogP contribution < -0.4 is 5.73 Å². The van der Waals surface area contributed by atoms with Crippen LogP contribution in [0.15, 0.2) is 17.0 Å². The molecule has 88 valence electrons. The van der Waals surface area contributed by atoms with Gasteiger partial charge in [0.2, 0.25) is 11.5 Å². The Morgan fingerprint density at radius 1 is 1.41 bits per heavy atom. The van der Waals surface area contributed by atoms with Crippen molar-refractivity contribution in [3.8, 4) is 0 Å². The number of rotatable bonds is 1. The molecule has 1 amide bonds. The minimum Gasteiger partial charge on any atom is -0.379 e. The van der Waals surface area contributed by atoms with Crippen molar-refractivity contribution in [2.45, 2.75) is 13.1 Å². The van der Waals surface area contributed by atoms with Gasteiger partial charge in [0.15, 0.2) is 0 Å². The molecule has 0 aromatic carbocycles. The van der Waals surface area contributed by atoms with Gasteiger partial charge in [0.1, 0.15) is 5.82 Å². The van der Waals surface area contributed by atoms with E-state index in [9.17, 15) is 4.79 Å². The fraction of sp³-hybridized carbons (Fsp3) is 0.333. The normalized spacial score (nSPS) is 14.7. The lowest BCUT2D eigenvalue weighted by atomic mass is 10.3. The molecule has 2 aromatic rings. The maximum atomic E-state index is 12.1. The van der Waals surface area contributed by atoms with Crippen molar-refractivity contribution in [2.75, 3.05) is 12.3 Å². The second-order valence-corrected chi connectivity index (χ2v) is 3.76. The highest BCUT2D eigenvalue weighted by Crippen LogP contribution is 2.15. The summed E-state index contributed by atoms with van der Waals surface area (Å²) >= 11 is 0. The van der Waals surface area contributed by atoms with Gasteiger partial charge in [0, 0.05) is 25.5 Å². The molecule has 0 saturated heterocycles. The summed E-state index contributed by atoms with van der Waals surface area (Å²) in [6.07, 6.45) is 3.61. The number of nitrogens with two attached hydrogens (primary N) is 1. The molecule has 1 aliphatic rings. The predicted molar refractivity (Wildman–Crippen MR) is 55.7 cm³/mol. The Bertz CT molecular complexity index is 559. The van der Waals surface area contributed by atoms with Crippen LogP contribution in [0.4, 0.5) is 5.82 Å². The number of hydrogen-bond acceptors (Lipinski definition) is 6. The molecule has 0 atom stereocenters. The van der Waals surface area contributed by atoms with Crippen molar-refractivity contribution in [2.24, 2.45) is 0 Å². The summed E-state index contributed by atoms with van der Waals surface area (Å²) in [4.78, 5) is 17.9. The van der Waals surface area contributed by atoms with Crippen LogP contribution in [0.2, 0.25) is 0 Å². The molecule has 0 bridgehead atoms. The van der Waals surface area contributed by atoms with E-state index in [1.54, 1.807) is 11.1 Å². The maximum absolute atomic E-state index is 12.1. The van der Waals surface area contributed by atoms with Crippen molar-refractivity contribution in [1.29, 1.82) is 0 Å². The zero-order valence-corrected chi connectivity index (χ0v) is 8.91. The van der Waals surface area contributed by atoms with E-state index in [1.165, 1.54) is 0 Å². The molecule has 0 unspecified atom stereocenters. The first-order valence-electron chi connectivity index (χ1n) is 5.13. The van der Waals surface area contributed by atoms with Crippen molar-refractivity contribution in [3.63, 3.8) is 0 Å². The lowest BCUT2D eigenvalue weighted by Gasteiger charge is -2.26. The first kappa shape index (κ1) is 9.82. The number of anilines is 1. The van der Waals surface area contributed by atoms with Gasteiger partial charge >= 0.3 is 0 Å². The zero-order chi connectivity index (χ0) is 11.8. The van der Waals surface area contributed by atoms with Crippen LogP contribution in [0.25, 0.3) is 0 Å². The number of hydrogen-bond donors (Lipinski definition) is 1. The van der Waals surface area contributed by atoms with Gasteiger partial charge in [-0.25, -0.2) is 9.61 Å². The maximum Gasteiger partial charge on any atom is 0.280 e. The Labute approximate surface area is 96.0 Å². The number of aromatic nitrogens is 4. The number of imidazole rings is 1. The Hall–Kier alpha value is -2.38. The Balaban J connectivity index is 1.84. The largest absolute Gasteiger partial charge is 0.379 e. The molecular weight excluding hydrogens is 224 g/mol. The second kappa shape index (κ2) is 3.58. The molecule has 2 aromatic heterocycles. The van der Waals surface area contributed by atoms with E-state index in [2.05, 4.69) is 19.9 Å². The number of nitrogens with zero attached hydrogens (tertiary/aromatic N) is 5. The highest BCUT2D eigenvalue weighted by Gasteiger charge is 2.26. The molecule has 0 aliphatic carbocycles. The van der Waals surface area contributed by atoms with Crippen LogP contribution >= 0.6 is 0 Å². The summed E-state index contributed by atoms with van der Waals surface area (Å²) < 4.78 is 6.43. The van der Waals surface area contributed by atoms with Gasteiger partial charge in [-0.05, 0) is 10.3 Å². The molecule has 3 rings (SSSR count). The Kier molecular flexibility index (Phi) is 2.07. The molecule has 3 heterocycles. The molecule has 0 saturated carbocycles. The molecule has 8 heteroatoms. The summed E-state index contributed by atoms with van der Waals surface area (Å²) in [6.45, 7) is 1.75. The summed E-state index contributed by atoms with van der Waals surface area (Å²) in [5, 5.41) is 6.90. The first-order valence-corrected chi connectivity index (χ1v) is 5.13. The monoisotopic (exact) mass is 234 g/mol. The number of nitrogen functional groups attached to an aromatic ring is 1. The molecule has 1 aliphatic heterocycles. The summed E-state index contributed by atoms with van der Waals surface area (Å²) in [6, 6.07) is 0. The summed E-state index contributed by atoms with van der Waals surface area (Å²) in [5.74, 6) is 0.585. The predicted octanol–water partition coefficient (Wildman–Crippen LogP) is -0.496. The van der Waals surface area contributed by atoms with E-state index in [1.807, 2.05) is 10.8 Å². The second-order valence-electron chi connectivity index (χ2n) is 3.76. The van der Waals surface area contributed by atoms with E-state index in [0.29, 0.717) is 19.6 Å². The standard InChI is InChI=1S/C9H10N6O2/c10-8-7(12-17-13-8)9(16)15-4-3-14-2-1-11-6(14)5-15/h1-2H,3-5H2,(H2,10,13). The topological polar surface area (TPSA) is 103 Å². The van der Waals surface area contributed by atoms with Gasteiger partial charge in [-0.1, -0.05) is 0 Å². The van der Waals surface area contributed by atoms with Crippen LogP contribution in [-0.4, -0.2) is 37.2 Å². The average molecular weight is 234 g/mol. The fourth-order valence-corrected chi connectivity index (χ4v) is 1.84. The molecule has 0 radical (unpaired) electrons. The highest BCUT2D eigenvalue weighted by atomic mass is 16.6. The minimum absolute atomic E-state index is 0.0175. The Morgan fingerprint density at radius 3 is 3.06 bits per heavy atom. The molecule has 8 nitrogen and oxygen atoms in total. The van der Waals surface area contributed by atoms with Crippen molar-refractivity contribution in [1.82, 2.24) is 24.8 Å². The van der Waals surface area contributed by atoms with Gasteiger partial charge in [0.05, 0.1) is 6.54 Å². The average Bonchev–Trinajstić information content (AvgIpc) is 2.95. The van der Waals surface area contributed by atoms with Gasteiger partial charge in [0.25, 0.3) is 5.91 Å². The number of fused-ring (bicyclic) bond motifs is 1.